The third-order valence-corrected chi connectivity index (χ3v) is 3.33. The number of hydrogen-bond acceptors (Lipinski definition) is 2. The van der Waals surface area contributed by atoms with Crippen LogP contribution in [0.4, 0.5) is 10.1 Å². The van der Waals surface area contributed by atoms with Gasteiger partial charge in [0.15, 0.2) is 5.78 Å². The lowest BCUT2D eigenvalue weighted by Gasteiger charge is -2.05. The molecule has 2 aromatic rings. The third kappa shape index (κ3) is 2.54. The van der Waals surface area contributed by atoms with Gasteiger partial charge in [0, 0.05) is 20.6 Å². The molecule has 2 N–H and O–H groups in total. The van der Waals surface area contributed by atoms with Gasteiger partial charge in [0.05, 0.1) is 5.69 Å². The van der Waals surface area contributed by atoms with Crippen molar-refractivity contribution in [3.63, 3.8) is 0 Å². The Balaban J connectivity index is 2.44. The van der Waals surface area contributed by atoms with E-state index in [0.717, 1.165) is 6.07 Å². The summed E-state index contributed by atoms with van der Waals surface area (Å²) in [6.07, 6.45) is 0. The molecule has 0 aromatic heterocycles. The van der Waals surface area contributed by atoms with Crippen molar-refractivity contribution in [2.45, 2.75) is 0 Å². The summed E-state index contributed by atoms with van der Waals surface area (Å²) >= 11 is 9.05. The quantitative estimate of drug-likeness (QED) is 0.667. The predicted octanol–water partition coefficient (Wildman–Crippen LogP) is 4.05. The maximum Gasteiger partial charge on any atom is 0.194 e. The van der Waals surface area contributed by atoms with Crippen LogP contribution in [0.3, 0.4) is 0 Å². The summed E-state index contributed by atoms with van der Waals surface area (Å²) in [4.78, 5) is 12.2. The number of ketones is 1. The highest BCUT2D eigenvalue weighted by Gasteiger charge is 2.14. The molecule has 0 atom stereocenters. The monoisotopic (exact) mass is 327 g/mol. The van der Waals surface area contributed by atoms with Crippen molar-refractivity contribution in [2.24, 2.45) is 0 Å². The van der Waals surface area contributed by atoms with Crippen molar-refractivity contribution in [3.8, 4) is 0 Å². The molecule has 0 bridgehead atoms. The summed E-state index contributed by atoms with van der Waals surface area (Å²) in [5.41, 5.74) is 6.04. The fraction of sp³-hybridized carbons (Fsp3) is 0. The molecular weight excluding hydrogens is 321 g/mol. The lowest BCUT2D eigenvalue weighted by Crippen LogP contribution is -2.04. The van der Waals surface area contributed by atoms with E-state index in [1.165, 1.54) is 12.1 Å². The molecule has 92 valence electrons. The Morgan fingerprint density at radius 1 is 1.22 bits per heavy atom. The number of rotatable bonds is 2. The summed E-state index contributed by atoms with van der Waals surface area (Å²) in [6.45, 7) is 0. The first-order valence-electron chi connectivity index (χ1n) is 5.04. The Morgan fingerprint density at radius 2 is 1.94 bits per heavy atom. The first kappa shape index (κ1) is 13.1. The molecule has 0 aliphatic rings. The van der Waals surface area contributed by atoms with Crippen molar-refractivity contribution >= 4 is 39.0 Å². The van der Waals surface area contributed by atoms with Gasteiger partial charge < -0.3 is 5.73 Å². The van der Waals surface area contributed by atoms with Gasteiger partial charge in [-0.2, -0.15) is 0 Å². The number of carbonyl (C=O) groups is 1. The lowest BCUT2D eigenvalue weighted by atomic mass is 10.0. The summed E-state index contributed by atoms with van der Waals surface area (Å²) in [6, 6.07) is 8.78. The van der Waals surface area contributed by atoms with Crippen LogP contribution < -0.4 is 5.73 Å². The fourth-order valence-corrected chi connectivity index (χ4v) is 2.36. The fourth-order valence-electron chi connectivity index (χ4n) is 1.50. The molecule has 0 saturated heterocycles. The normalized spacial score (nSPS) is 10.4. The van der Waals surface area contributed by atoms with Crippen LogP contribution in [0.1, 0.15) is 15.9 Å². The molecular formula is C13H8BrClFNO. The molecule has 2 nitrogen and oxygen atoms in total. The van der Waals surface area contributed by atoms with Crippen LogP contribution in [0.15, 0.2) is 40.9 Å². The molecule has 5 heteroatoms. The molecule has 2 aromatic carbocycles. The second-order valence-electron chi connectivity index (χ2n) is 3.69. The summed E-state index contributed by atoms with van der Waals surface area (Å²) in [5.74, 6) is -0.900. The highest BCUT2D eigenvalue weighted by atomic mass is 79.9. The topological polar surface area (TPSA) is 43.1 Å². The Bertz CT molecular complexity index is 630. The number of anilines is 1. The van der Waals surface area contributed by atoms with Crippen molar-refractivity contribution in [3.05, 3.63) is 62.8 Å². The smallest absolute Gasteiger partial charge is 0.194 e. The molecule has 0 unspecified atom stereocenters. The second kappa shape index (κ2) is 5.08. The molecule has 0 spiro atoms. The van der Waals surface area contributed by atoms with E-state index < -0.39 is 5.82 Å². The number of hydrogen-bond donors (Lipinski definition) is 1. The third-order valence-electron chi connectivity index (χ3n) is 2.44. The van der Waals surface area contributed by atoms with E-state index in [4.69, 9.17) is 17.3 Å². The number of halogens is 3. The van der Waals surface area contributed by atoms with E-state index in [-0.39, 0.29) is 17.0 Å². The van der Waals surface area contributed by atoms with Gasteiger partial charge in [0.2, 0.25) is 0 Å². The van der Waals surface area contributed by atoms with Crippen LogP contribution >= 0.6 is 27.5 Å². The van der Waals surface area contributed by atoms with Gasteiger partial charge in [0.1, 0.15) is 5.82 Å². The average molecular weight is 329 g/mol. The molecule has 0 radical (unpaired) electrons. The van der Waals surface area contributed by atoms with Gasteiger partial charge in [0.25, 0.3) is 0 Å². The predicted molar refractivity (Wildman–Crippen MR) is 73.4 cm³/mol. The van der Waals surface area contributed by atoms with Gasteiger partial charge in [-0.15, -0.1) is 0 Å². The van der Waals surface area contributed by atoms with Crippen molar-refractivity contribution in [1.29, 1.82) is 0 Å². The van der Waals surface area contributed by atoms with Crippen molar-refractivity contribution in [2.75, 3.05) is 5.73 Å². The molecule has 18 heavy (non-hydrogen) atoms. The number of carbonyl (C=O) groups excluding carboxylic acids is 1. The highest BCUT2D eigenvalue weighted by Crippen LogP contribution is 2.24. The minimum absolute atomic E-state index is 0.0155. The van der Waals surface area contributed by atoms with Gasteiger partial charge in [-0.25, -0.2) is 4.39 Å². The van der Waals surface area contributed by atoms with Crippen LogP contribution in [0.25, 0.3) is 0 Å². The summed E-state index contributed by atoms with van der Waals surface area (Å²) in [7, 11) is 0. The lowest BCUT2D eigenvalue weighted by molar-refractivity contribution is 0.103. The largest absolute Gasteiger partial charge is 0.396 e. The molecule has 0 aliphatic heterocycles. The minimum atomic E-state index is -0.606. The van der Waals surface area contributed by atoms with Gasteiger partial charge in [-0.3, -0.25) is 4.79 Å². The van der Waals surface area contributed by atoms with Crippen LogP contribution in [-0.2, 0) is 0 Å². The van der Waals surface area contributed by atoms with Gasteiger partial charge in [-0.1, -0.05) is 11.6 Å². The zero-order chi connectivity index (χ0) is 13.3. The van der Waals surface area contributed by atoms with E-state index in [2.05, 4.69) is 15.9 Å². The maximum absolute atomic E-state index is 13.3. The zero-order valence-corrected chi connectivity index (χ0v) is 11.4. The van der Waals surface area contributed by atoms with E-state index in [1.54, 1.807) is 18.2 Å². The summed E-state index contributed by atoms with van der Waals surface area (Å²) in [5, 5.41) is 0.516. The van der Waals surface area contributed by atoms with Crippen molar-refractivity contribution in [1.82, 2.24) is 0 Å². The zero-order valence-electron chi connectivity index (χ0n) is 9.08. The van der Waals surface area contributed by atoms with Crippen LogP contribution in [-0.4, -0.2) is 5.78 Å². The number of nitrogen functional groups attached to an aromatic ring is 1. The van der Waals surface area contributed by atoms with E-state index >= 15 is 0 Å². The van der Waals surface area contributed by atoms with E-state index in [1.807, 2.05) is 0 Å². The Hall–Kier alpha value is -1.39. The first-order valence-corrected chi connectivity index (χ1v) is 6.21. The van der Waals surface area contributed by atoms with E-state index in [0.29, 0.717) is 15.1 Å². The molecule has 0 aliphatic carbocycles. The van der Waals surface area contributed by atoms with Crippen LogP contribution in [0, 0.1) is 5.82 Å². The van der Waals surface area contributed by atoms with Crippen LogP contribution in [0.2, 0.25) is 5.02 Å². The minimum Gasteiger partial charge on any atom is -0.396 e. The Labute approximate surface area is 117 Å². The van der Waals surface area contributed by atoms with Crippen molar-refractivity contribution < 1.29 is 9.18 Å². The molecule has 0 heterocycles. The van der Waals surface area contributed by atoms with E-state index in [9.17, 15) is 9.18 Å². The first-order chi connectivity index (χ1) is 8.49. The Morgan fingerprint density at radius 3 is 2.56 bits per heavy atom. The molecule has 2 rings (SSSR count). The SMILES string of the molecule is Nc1ccc(C(=O)c2ccc(Cl)cc2Br)cc1F. The summed E-state index contributed by atoms with van der Waals surface area (Å²) < 4.78 is 13.9. The number of nitrogens with two attached hydrogens (primary N) is 1. The van der Waals surface area contributed by atoms with Gasteiger partial charge >= 0.3 is 0 Å². The van der Waals surface area contributed by atoms with Gasteiger partial charge in [-0.05, 0) is 52.3 Å². The Kier molecular flexibility index (Phi) is 3.68. The van der Waals surface area contributed by atoms with Crippen LogP contribution in [0.5, 0.6) is 0 Å². The second-order valence-corrected chi connectivity index (χ2v) is 4.98. The molecule has 0 saturated carbocycles. The molecule has 0 fully saturated rings. The standard InChI is InChI=1S/C13H8BrClFNO/c14-10-6-8(15)2-3-9(10)13(18)7-1-4-12(17)11(16)5-7/h1-6H,17H2. The highest BCUT2D eigenvalue weighted by molar-refractivity contribution is 9.10. The molecule has 0 amide bonds. The number of benzene rings is 2. The average Bonchev–Trinajstić information content (AvgIpc) is 2.32. The maximum atomic E-state index is 13.3.